The third kappa shape index (κ3) is 2.84. The lowest BCUT2D eigenvalue weighted by molar-refractivity contribution is 0.102. The largest absolute Gasteiger partial charge is 0.497 e. The Morgan fingerprint density at radius 2 is 2.22 bits per heavy atom. The van der Waals surface area contributed by atoms with Crippen LogP contribution in [0.4, 0.5) is 5.82 Å². The van der Waals surface area contributed by atoms with Crippen molar-refractivity contribution >= 4 is 27.7 Å². The van der Waals surface area contributed by atoms with Crippen LogP contribution in [0.25, 0.3) is 0 Å². The molecule has 0 unspecified atom stereocenters. The molecule has 0 spiro atoms. The maximum absolute atomic E-state index is 12.0. The van der Waals surface area contributed by atoms with Gasteiger partial charge in [0.05, 0.1) is 18.9 Å². The van der Waals surface area contributed by atoms with E-state index in [1.165, 1.54) is 18.6 Å². The molecule has 2 aromatic rings. The highest BCUT2D eigenvalue weighted by Gasteiger charge is 2.12. The van der Waals surface area contributed by atoms with Gasteiger partial charge in [0, 0.05) is 16.9 Å². The number of benzene rings is 1. The number of carbonyl (C=O) groups excluding carboxylic acids is 1. The summed E-state index contributed by atoms with van der Waals surface area (Å²) in [6.45, 7) is 0. The van der Waals surface area contributed by atoms with E-state index >= 15 is 0 Å². The Kier molecular flexibility index (Phi) is 3.88. The number of nitrogens with zero attached hydrogens (tertiary/aromatic N) is 2. The molecule has 1 aromatic heterocycles. The van der Waals surface area contributed by atoms with Gasteiger partial charge in [0.2, 0.25) is 0 Å². The Hall–Kier alpha value is -1.95. The zero-order chi connectivity index (χ0) is 13.0. The van der Waals surface area contributed by atoms with E-state index in [1.54, 1.807) is 25.3 Å². The fraction of sp³-hybridized carbons (Fsp3) is 0.0833. The van der Waals surface area contributed by atoms with Crippen molar-refractivity contribution in [2.45, 2.75) is 0 Å². The molecule has 0 aliphatic rings. The maximum Gasteiger partial charge on any atom is 0.258 e. The highest BCUT2D eigenvalue weighted by Crippen LogP contribution is 2.23. The summed E-state index contributed by atoms with van der Waals surface area (Å²) in [6, 6.07) is 5.17. The van der Waals surface area contributed by atoms with Gasteiger partial charge in [0.15, 0.2) is 5.82 Å². The van der Waals surface area contributed by atoms with E-state index in [9.17, 15) is 4.79 Å². The number of amides is 1. The molecule has 1 aromatic carbocycles. The lowest BCUT2D eigenvalue weighted by atomic mass is 10.2. The number of ether oxygens (including phenoxy) is 1. The summed E-state index contributed by atoms with van der Waals surface area (Å²) < 4.78 is 5.77. The highest BCUT2D eigenvalue weighted by molar-refractivity contribution is 9.10. The fourth-order valence-electron chi connectivity index (χ4n) is 1.35. The van der Waals surface area contributed by atoms with E-state index in [0.717, 1.165) is 0 Å². The standard InChI is InChI=1S/C12H10BrN3O2/c1-18-8-2-3-10(13)9(6-8)12(17)16-11-7-14-4-5-15-11/h2-7H,1H3,(H,15,16,17). The minimum atomic E-state index is -0.277. The van der Waals surface area contributed by atoms with Crippen molar-refractivity contribution in [3.8, 4) is 5.75 Å². The van der Waals surface area contributed by atoms with Crippen LogP contribution in [0.1, 0.15) is 10.4 Å². The van der Waals surface area contributed by atoms with Crippen LogP contribution in [-0.2, 0) is 0 Å². The number of rotatable bonds is 3. The second-order valence-corrected chi connectivity index (χ2v) is 4.24. The lowest BCUT2D eigenvalue weighted by Crippen LogP contribution is -2.13. The van der Waals surface area contributed by atoms with E-state index in [-0.39, 0.29) is 5.91 Å². The number of halogens is 1. The first kappa shape index (κ1) is 12.5. The highest BCUT2D eigenvalue weighted by atomic mass is 79.9. The van der Waals surface area contributed by atoms with Crippen molar-refractivity contribution < 1.29 is 9.53 Å². The van der Waals surface area contributed by atoms with Crippen molar-refractivity contribution in [3.05, 3.63) is 46.8 Å². The van der Waals surface area contributed by atoms with E-state index in [4.69, 9.17) is 4.74 Å². The summed E-state index contributed by atoms with van der Waals surface area (Å²) in [5.41, 5.74) is 0.472. The van der Waals surface area contributed by atoms with Crippen molar-refractivity contribution in [2.75, 3.05) is 12.4 Å². The van der Waals surface area contributed by atoms with Gasteiger partial charge in [-0.15, -0.1) is 0 Å². The van der Waals surface area contributed by atoms with Gasteiger partial charge >= 0.3 is 0 Å². The average Bonchev–Trinajstić information content (AvgIpc) is 2.40. The Balaban J connectivity index is 2.23. The second kappa shape index (κ2) is 5.59. The smallest absolute Gasteiger partial charge is 0.258 e. The number of nitrogens with one attached hydrogen (secondary N) is 1. The first-order chi connectivity index (χ1) is 8.70. The van der Waals surface area contributed by atoms with Gasteiger partial charge in [0.1, 0.15) is 5.75 Å². The number of hydrogen-bond donors (Lipinski definition) is 1. The quantitative estimate of drug-likeness (QED) is 0.946. The predicted octanol–water partition coefficient (Wildman–Crippen LogP) is 2.50. The first-order valence-corrected chi connectivity index (χ1v) is 5.91. The third-order valence-electron chi connectivity index (χ3n) is 2.22. The number of hydrogen-bond acceptors (Lipinski definition) is 4. The molecule has 0 atom stereocenters. The monoisotopic (exact) mass is 307 g/mol. The summed E-state index contributed by atoms with van der Waals surface area (Å²) in [7, 11) is 1.55. The SMILES string of the molecule is COc1ccc(Br)c(C(=O)Nc2cnccn2)c1. The van der Waals surface area contributed by atoms with Gasteiger partial charge < -0.3 is 10.1 Å². The molecule has 0 bridgehead atoms. The molecule has 2 rings (SSSR count). The van der Waals surface area contributed by atoms with Gasteiger partial charge in [-0.05, 0) is 34.1 Å². The molecule has 1 N–H and O–H groups in total. The Bertz CT molecular complexity index is 561. The van der Waals surface area contributed by atoms with Crippen LogP contribution in [0, 0.1) is 0 Å². The number of aromatic nitrogens is 2. The minimum absolute atomic E-state index is 0.277. The van der Waals surface area contributed by atoms with Crippen LogP contribution in [0.2, 0.25) is 0 Å². The molecule has 0 aliphatic carbocycles. The predicted molar refractivity (Wildman–Crippen MR) is 70.7 cm³/mol. The first-order valence-electron chi connectivity index (χ1n) is 5.11. The molecule has 0 fully saturated rings. The number of anilines is 1. The zero-order valence-corrected chi connectivity index (χ0v) is 11.1. The van der Waals surface area contributed by atoms with Crippen molar-refractivity contribution in [2.24, 2.45) is 0 Å². The summed E-state index contributed by atoms with van der Waals surface area (Å²) >= 11 is 3.32. The maximum atomic E-state index is 12.0. The van der Waals surface area contributed by atoms with Crippen LogP contribution in [0.15, 0.2) is 41.3 Å². The van der Waals surface area contributed by atoms with Crippen LogP contribution in [0.3, 0.4) is 0 Å². The van der Waals surface area contributed by atoms with Crippen LogP contribution < -0.4 is 10.1 Å². The van der Waals surface area contributed by atoms with Gasteiger partial charge in [-0.2, -0.15) is 0 Å². The van der Waals surface area contributed by atoms with Crippen molar-refractivity contribution in [1.29, 1.82) is 0 Å². The topological polar surface area (TPSA) is 64.1 Å². The summed E-state index contributed by atoms with van der Waals surface area (Å²) in [6.07, 6.45) is 4.53. The molecule has 5 nitrogen and oxygen atoms in total. The average molecular weight is 308 g/mol. The summed E-state index contributed by atoms with van der Waals surface area (Å²) in [5, 5.41) is 2.65. The molecular weight excluding hydrogens is 298 g/mol. The van der Waals surface area contributed by atoms with E-state index in [1.807, 2.05) is 0 Å². The van der Waals surface area contributed by atoms with Crippen LogP contribution >= 0.6 is 15.9 Å². The summed E-state index contributed by atoms with van der Waals surface area (Å²) in [4.78, 5) is 19.9. The molecule has 92 valence electrons. The second-order valence-electron chi connectivity index (χ2n) is 3.39. The van der Waals surface area contributed by atoms with Crippen molar-refractivity contribution in [3.63, 3.8) is 0 Å². The Morgan fingerprint density at radius 3 is 2.89 bits per heavy atom. The normalized spacial score (nSPS) is 9.89. The third-order valence-corrected chi connectivity index (χ3v) is 2.91. The number of methoxy groups -OCH3 is 1. The molecule has 1 heterocycles. The minimum Gasteiger partial charge on any atom is -0.497 e. The van der Waals surface area contributed by atoms with Gasteiger partial charge in [-0.3, -0.25) is 9.78 Å². The Labute approximate surface area is 112 Å². The number of carbonyl (C=O) groups is 1. The Morgan fingerprint density at radius 1 is 1.39 bits per heavy atom. The zero-order valence-electron chi connectivity index (χ0n) is 9.55. The van der Waals surface area contributed by atoms with Crippen LogP contribution in [-0.4, -0.2) is 23.0 Å². The van der Waals surface area contributed by atoms with E-state index < -0.39 is 0 Å². The van der Waals surface area contributed by atoms with Gasteiger partial charge in [-0.25, -0.2) is 4.98 Å². The van der Waals surface area contributed by atoms with Gasteiger partial charge in [-0.1, -0.05) is 0 Å². The molecule has 1 amide bonds. The van der Waals surface area contributed by atoms with Crippen molar-refractivity contribution in [1.82, 2.24) is 9.97 Å². The van der Waals surface area contributed by atoms with Crippen LogP contribution in [0.5, 0.6) is 5.75 Å². The summed E-state index contributed by atoms with van der Waals surface area (Å²) in [5.74, 6) is 0.737. The van der Waals surface area contributed by atoms with E-state index in [0.29, 0.717) is 21.6 Å². The van der Waals surface area contributed by atoms with E-state index in [2.05, 4.69) is 31.2 Å². The molecule has 0 saturated carbocycles. The molecular formula is C12H10BrN3O2. The van der Waals surface area contributed by atoms with Gasteiger partial charge in [0.25, 0.3) is 5.91 Å². The molecule has 6 heteroatoms. The fourth-order valence-corrected chi connectivity index (χ4v) is 1.78. The molecule has 0 saturated heterocycles. The molecule has 0 aliphatic heterocycles. The molecule has 18 heavy (non-hydrogen) atoms. The molecule has 0 radical (unpaired) electrons. The lowest BCUT2D eigenvalue weighted by Gasteiger charge is -2.07.